The monoisotopic (exact) mass is 459 g/mol. The number of benzene rings is 3. The van der Waals surface area contributed by atoms with E-state index in [9.17, 15) is 14.4 Å². The summed E-state index contributed by atoms with van der Waals surface area (Å²) < 4.78 is 5.37. The van der Waals surface area contributed by atoms with E-state index in [-0.39, 0.29) is 11.8 Å². The van der Waals surface area contributed by atoms with Gasteiger partial charge in [-0.15, -0.1) is 0 Å². The van der Waals surface area contributed by atoms with Gasteiger partial charge >= 0.3 is 6.09 Å². The van der Waals surface area contributed by atoms with Gasteiger partial charge in [-0.1, -0.05) is 30.3 Å². The molecule has 0 aromatic heterocycles. The molecule has 0 heterocycles. The number of amides is 3. The van der Waals surface area contributed by atoms with Crippen molar-refractivity contribution in [3.05, 3.63) is 95.6 Å². The summed E-state index contributed by atoms with van der Waals surface area (Å²) in [5, 5.41) is 5.67. The summed E-state index contributed by atoms with van der Waals surface area (Å²) >= 11 is 0. The van der Waals surface area contributed by atoms with Crippen LogP contribution in [0.15, 0.2) is 78.9 Å². The molecule has 0 spiro atoms. The van der Waals surface area contributed by atoms with E-state index in [4.69, 9.17) is 4.74 Å². The summed E-state index contributed by atoms with van der Waals surface area (Å²) in [6, 6.07) is 22.9. The lowest BCUT2D eigenvalue weighted by Gasteiger charge is -2.24. The quantitative estimate of drug-likeness (QED) is 0.505. The highest BCUT2D eigenvalue weighted by atomic mass is 16.6. The molecule has 0 aliphatic carbocycles. The van der Waals surface area contributed by atoms with Crippen LogP contribution in [0.5, 0.6) is 0 Å². The van der Waals surface area contributed by atoms with Crippen molar-refractivity contribution in [2.75, 3.05) is 17.7 Å². The predicted octanol–water partition coefficient (Wildman–Crippen LogP) is 5.56. The van der Waals surface area contributed by atoms with E-state index in [1.54, 1.807) is 61.6 Å². The molecule has 0 fully saturated rings. The third-order valence-electron chi connectivity index (χ3n) is 4.75. The first-order valence-electron chi connectivity index (χ1n) is 10.9. The minimum atomic E-state index is -0.568. The van der Waals surface area contributed by atoms with Crippen molar-refractivity contribution in [1.82, 2.24) is 4.90 Å². The van der Waals surface area contributed by atoms with E-state index < -0.39 is 11.7 Å². The van der Waals surface area contributed by atoms with Gasteiger partial charge in [0.15, 0.2) is 0 Å². The van der Waals surface area contributed by atoms with Gasteiger partial charge in [-0.3, -0.25) is 9.59 Å². The molecule has 7 heteroatoms. The topological polar surface area (TPSA) is 87.7 Å². The number of rotatable bonds is 6. The molecule has 0 saturated carbocycles. The second kappa shape index (κ2) is 10.7. The van der Waals surface area contributed by atoms with Gasteiger partial charge in [-0.05, 0) is 74.9 Å². The van der Waals surface area contributed by atoms with Gasteiger partial charge in [0, 0.05) is 36.1 Å². The first-order valence-corrected chi connectivity index (χ1v) is 10.9. The summed E-state index contributed by atoms with van der Waals surface area (Å²) in [5.74, 6) is -0.496. The van der Waals surface area contributed by atoms with Crippen molar-refractivity contribution in [3.63, 3.8) is 0 Å². The number of hydrogen-bond donors (Lipinski definition) is 2. The van der Waals surface area contributed by atoms with Gasteiger partial charge in [-0.2, -0.15) is 0 Å². The van der Waals surface area contributed by atoms with Gasteiger partial charge in [0.1, 0.15) is 5.60 Å². The third kappa shape index (κ3) is 7.20. The van der Waals surface area contributed by atoms with E-state index in [0.717, 1.165) is 5.56 Å². The Kier molecular flexibility index (Phi) is 7.68. The maximum atomic E-state index is 12.7. The van der Waals surface area contributed by atoms with E-state index in [1.165, 1.54) is 4.90 Å². The van der Waals surface area contributed by atoms with Crippen LogP contribution in [0.2, 0.25) is 0 Å². The molecule has 3 aromatic rings. The van der Waals surface area contributed by atoms with E-state index >= 15 is 0 Å². The Morgan fingerprint density at radius 3 is 1.97 bits per heavy atom. The number of ether oxygens (including phenoxy) is 1. The number of anilines is 2. The fourth-order valence-corrected chi connectivity index (χ4v) is 3.13. The molecular weight excluding hydrogens is 430 g/mol. The molecule has 34 heavy (non-hydrogen) atoms. The molecule has 7 nitrogen and oxygen atoms in total. The molecule has 3 rings (SSSR count). The van der Waals surface area contributed by atoms with E-state index in [2.05, 4.69) is 10.6 Å². The number of hydrogen-bond acceptors (Lipinski definition) is 4. The minimum Gasteiger partial charge on any atom is -0.444 e. The Morgan fingerprint density at radius 1 is 0.765 bits per heavy atom. The molecule has 176 valence electrons. The lowest BCUT2D eigenvalue weighted by Crippen LogP contribution is -2.33. The second-order valence-corrected chi connectivity index (χ2v) is 8.89. The maximum absolute atomic E-state index is 12.7. The minimum absolute atomic E-state index is 0.217. The average Bonchev–Trinajstić information content (AvgIpc) is 2.79. The average molecular weight is 460 g/mol. The van der Waals surface area contributed by atoms with Crippen molar-refractivity contribution >= 4 is 29.3 Å². The lowest BCUT2D eigenvalue weighted by molar-refractivity contribution is 0.0285. The van der Waals surface area contributed by atoms with Crippen molar-refractivity contribution in [2.24, 2.45) is 0 Å². The highest BCUT2D eigenvalue weighted by Crippen LogP contribution is 2.17. The van der Waals surface area contributed by atoms with Gasteiger partial charge in [-0.25, -0.2) is 4.79 Å². The summed E-state index contributed by atoms with van der Waals surface area (Å²) in [4.78, 5) is 38.6. The Bertz CT molecular complexity index is 1150. The normalized spacial score (nSPS) is 10.8. The van der Waals surface area contributed by atoms with Crippen LogP contribution in [-0.4, -0.2) is 35.5 Å². The van der Waals surface area contributed by atoms with Gasteiger partial charge < -0.3 is 20.3 Å². The molecule has 0 radical (unpaired) electrons. The number of nitrogens with one attached hydrogen (secondary N) is 2. The Hall–Kier alpha value is -4.13. The molecule has 0 aliphatic rings. The standard InChI is InChI=1S/C27H29N3O4/c1-27(2,3)34-26(33)30(4)18-19-9-8-12-23(17-19)29-25(32)21-13-15-22(16-14-21)28-24(31)20-10-6-5-7-11-20/h5-17H,18H2,1-4H3,(H,28,31)(H,29,32). The van der Waals surface area contributed by atoms with Crippen LogP contribution in [-0.2, 0) is 11.3 Å². The van der Waals surface area contributed by atoms with Crippen molar-refractivity contribution in [2.45, 2.75) is 32.9 Å². The maximum Gasteiger partial charge on any atom is 0.410 e. The number of nitrogens with zero attached hydrogens (tertiary/aromatic N) is 1. The summed E-state index contributed by atoms with van der Waals surface area (Å²) in [6.45, 7) is 5.80. The van der Waals surface area contributed by atoms with Gasteiger partial charge in [0.2, 0.25) is 0 Å². The molecule has 0 saturated heterocycles. The molecule has 0 unspecified atom stereocenters. The molecule has 3 amide bonds. The Balaban J connectivity index is 1.59. The van der Waals surface area contributed by atoms with Crippen LogP contribution in [0.1, 0.15) is 47.1 Å². The summed E-state index contributed by atoms with van der Waals surface area (Å²) in [7, 11) is 1.66. The second-order valence-electron chi connectivity index (χ2n) is 8.89. The van der Waals surface area contributed by atoms with E-state index in [1.807, 2.05) is 45.0 Å². The first-order chi connectivity index (χ1) is 16.1. The fourth-order valence-electron chi connectivity index (χ4n) is 3.13. The van der Waals surface area contributed by atoms with Crippen molar-refractivity contribution in [1.29, 1.82) is 0 Å². The number of carbonyl (C=O) groups excluding carboxylic acids is 3. The largest absolute Gasteiger partial charge is 0.444 e. The van der Waals surface area contributed by atoms with Crippen LogP contribution in [0.25, 0.3) is 0 Å². The highest BCUT2D eigenvalue weighted by Gasteiger charge is 2.19. The lowest BCUT2D eigenvalue weighted by atomic mass is 10.1. The fraction of sp³-hybridized carbons (Fsp3) is 0.222. The third-order valence-corrected chi connectivity index (χ3v) is 4.75. The molecule has 0 bridgehead atoms. The Morgan fingerprint density at radius 2 is 1.35 bits per heavy atom. The highest BCUT2D eigenvalue weighted by molar-refractivity contribution is 6.06. The van der Waals surface area contributed by atoms with Crippen LogP contribution in [0.4, 0.5) is 16.2 Å². The predicted molar refractivity (Wildman–Crippen MR) is 133 cm³/mol. The summed E-state index contributed by atoms with van der Waals surface area (Å²) in [5.41, 5.74) is 2.50. The number of carbonyl (C=O) groups is 3. The van der Waals surface area contributed by atoms with Crippen LogP contribution in [0, 0.1) is 0 Å². The first kappa shape index (κ1) is 24.5. The molecule has 0 aliphatic heterocycles. The molecular formula is C27H29N3O4. The zero-order valence-corrected chi connectivity index (χ0v) is 19.8. The molecule has 0 atom stereocenters. The van der Waals surface area contributed by atoms with Crippen LogP contribution in [0.3, 0.4) is 0 Å². The SMILES string of the molecule is CN(Cc1cccc(NC(=O)c2ccc(NC(=O)c3ccccc3)cc2)c1)C(=O)OC(C)(C)C. The van der Waals surface area contributed by atoms with Crippen molar-refractivity contribution in [3.8, 4) is 0 Å². The molecule has 3 aromatic carbocycles. The Labute approximate surface area is 199 Å². The zero-order valence-electron chi connectivity index (χ0n) is 19.8. The van der Waals surface area contributed by atoms with Gasteiger partial charge in [0.05, 0.1) is 0 Å². The van der Waals surface area contributed by atoms with Crippen LogP contribution >= 0.6 is 0 Å². The van der Waals surface area contributed by atoms with E-state index in [0.29, 0.717) is 29.0 Å². The summed E-state index contributed by atoms with van der Waals surface area (Å²) in [6.07, 6.45) is -0.415. The smallest absolute Gasteiger partial charge is 0.410 e. The zero-order chi connectivity index (χ0) is 24.7. The molecule has 2 N–H and O–H groups in total. The van der Waals surface area contributed by atoms with Crippen molar-refractivity contribution < 1.29 is 19.1 Å². The van der Waals surface area contributed by atoms with Gasteiger partial charge in [0.25, 0.3) is 11.8 Å². The van der Waals surface area contributed by atoms with Crippen LogP contribution < -0.4 is 10.6 Å².